The molecule has 0 bridgehead atoms. The number of aryl methyl sites for hydroxylation is 1. The molecule has 4 heteroatoms. The lowest BCUT2D eigenvalue weighted by Gasteiger charge is -2.29. The predicted molar refractivity (Wildman–Crippen MR) is 57.4 cm³/mol. The monoisotopic (exact) mass is 209 g/mol. The molecule has 1 fully saturated rings. The summed E-state index contributed by atoms with van der Waals surface area (Å²) in [5, 5.41) is 3.80. The van der Waals surface area contributed by atoms with E-state index in [4.69, 9.17) is 4.52 Å². The molecule has 1 saturated carbocycles. The summed E-state index contributed by atoms with van der Waals surface area (Å²) < 4.78 is 5.12. The smallest absolute Gasteiger partial charge is 0.240 e. The zero-order valence-electron chi connectivity index (χ0n) is 9.57. The molecule has 4 nitrogen and oxygen atoms in total. The largest absolute Gasteiger partial charge is 0.338 e. The molecule has 15 heavy (non-hydrogen) atoms. The Balaban J connectivity index is 1.88. The Hall–Kier alpha value is -0.900. The number of hydrogen-bond acceptors (Lipinski definition) is 4. The van der Waals surface area contributed by atoms with E-state index >= 15 is 0 Å². The van der Waals surface area contributed by atoms with Gasteiger partial charge in [0.1, 0.15) is 0 Å². The van der Waals surface area contributed by atoms with Gasteiger partial charge < -0.3 is 4.52 Å². The minimum absolute atomic E-state index is 0.700. The van der Waals surface area contributed by atoms with Crippen LogP contribution in [0, 0.1) is 6.92 Å². The molecule has 0 saturated heterocycles. The minimum atomic E-state index is 0.700. The van der Waals surface area contributed by atoms with Gasteiger partial charge in [-0.15, -0.1) is 0 Å². The quantitative estimate of drug-likeness (QED) is 0.765. The Kier molecular flexibility index (Phi) is 3.36. The van der Waals surface area contributed by atoms with E-state index in [2.05, 4.69) is 22.1 Å². The lowest BCUT2D eigenvalue weighted by molar-refractivity contribution is 0.165. The maximum Gasteiger partial charge on any atom is 0.240 e. The third-order valence-electron chi connectivity index (χ3n) is 3.15. The highest BCUT2D eigenvalue weighted by Gasteiger charge is 2.19. The number of nitrogens with zero attached hydrogens (tertiary/aromatic N) is 3. The fourth-order valence-electron chi connectivity index (χ4n) is 2.27. The van der Waals surface area contributed by atoms with Gasteiger partial charge in [0.2, 0.25) is 5.89 Å². The Bertz CT molecular complexity index is 305. The molecule has 84 valence electrons. The molecule has 1 aromatic heterocycles. The van der Waals surface area contributed by atoms with Gasteiger partial charge in [0, 0.05) is 6.04 Å². The topological polar surface area (TPSA) is 42.2 Å². The molecule has 1 aliphatic rings. The highest BCUT2D eigenvalue weighted by Crippen LogP contribution is 2.22. The molecule has 0 N–H and O–H groups in total. The minimum Gasteiger partial charge on any atom is -0.338 e. The number of rotatable bonds is 3. The van der Waals surface area contributed by atoms with Gasteiger partial charge in [0.25, 0.3) is 0 Å². The van der Waals surface area contributed by atoms with Gasteiger partial charge >= 0.3 is 0 Å². The van der Waals surface area contributed by atoms with Crippen LogP contribution in [0.3, 0.4) is 0 Å². The standard InChI is InChI=1S/C11H19N3O/c1-9-12-11(15-13-9)8-14(2)10-6-4-3-5-7-10/h10H,3-8H2,1-2H3. The Morgan fingerprint density at radius 3 is 2.67 bits per heavy atom. The van der Waals surface area contributed by atoms with Gasteiger partial charge in [-0.25, -0.2) is 0 Å². The van der Waals surface area contributed by atoms with Crippen molar-refractivity contribution in [3.8, 4) is 0 Å². The fourth-order valence-corrected chi connectivity index (χ4v) is 2.27. The maximum atomic E-state index is 5.12. The first-order chi connectivity index (χ1) is 7.25. The third-order valence-corrected chi connectivity index (χ3v) is 3.15. The van der Waals surface area contributed by atoms with E-state index in [9.17, 15) is 0 Å². The molecule has 0 amide bonds. The van der Waals surface area contributed by atoms with E-state index in [1.165, 1.54) is 32.1 Å². The second-order valence-corrected chi connectivity index (χ2v) is 4.44. The SMILES string of the molecule is Cc1noc(CN(C)C2CCCCC2)n1. The van der Waals surface area contributed by atoms with Crippen molar-refractivity contribution >= 4 is 0 Å². The van der Waals surface area contributed by atoms with E-state index in [1.807, 2.05) is 6.92 Å². The number of hydrogen-bond donors (Lipinski definition) is 0. The first-order valence-corrected chi connectivity index (χ1v) is 5.75. The highest BCUT2D eigenvalue weighted by atomic mass is 16.5. The van der Waals surface area contributed by atoms with E-state index in [1.54, 1.807) is 0 Å². The molecule has 0 aliphatic heterocycles. The van der Waals surface area contributed by atoms with Gasteiger partial charge in [0.15, 0.2) is 5.82 Å². The van der Waals surface area contributed by atoms with Crippen molar-refractivity contribution in [3.63, 3.8) is 0 Å². The second-order valence-electron chi connectivity index (χ2n) is 4.44. The van der Waals surface area contributed by atoms with Crippen LogP contribution in [-0.4, -0.2) is 28.1 Å². The molecule has 1 aliphatic carbocycles. The zero-order valence-corrected chi connectivity index (χ0v) is 9.57. The normalized spacial score (nSPS) is 18.6. The summed E-state index contributed by atoms with van der Waals surface area (Å²) in [7, 11) is 2.15. The van der Waals surface area contributed by atoms with Crippen LogP contribution in [0.15, 0.2) is 4.52 Å². The van der Waals surface area contributed by atoms with E-state index in [0.717, 1.165) is 18.3 Å². The van der Waals surface area contributed by atoms with Crippen LogP contribution >= 0.6 is 0 Å². The van der Waals surface area contributed by atoms with Crippen LogP contribution in [0.2, 0.25) is 0 Å². The van der Waals surface area contributed by atoms with E-state index in [0.29, 0.717) is 6.04 Å². The summed E-state index contributed by atoms with van der Waals surface area (Å²) in [6.07, 6.45) is 6.73. The van der Waals surface area contributed by atoms with Crippen LogP contribution in [-0.2, 0) is 6.54 Å². The molecule has 1 aromatic rings. The summed E-state index contributed by atoms with van der Waals surface area (Å²) >= 11 is 0. The van der Waals surface area contributed by atoms with Gasteiger partial charge in [0.05, 0.1) is 6.54 Å². The van der Waals surface area contributed by atoms with Crippen molar-refractivity contribution in [1.82, 2.24) is 15.0 Å². The van der Waals surface area contributed by atoms with Crippen molar-refractivity contribution in [2.24, 2.45) is 0 Å². The average Bonchev–Trinajstić information content (AvgIpc) is 2.65. The first kappa shape index (κ1) is 10.6. The Morgan fingerprint density at radius 2 is 2.07 bits per heavy atom. The average molecular weight is 209 g/mol. The summed E-state index contributed by atoms with van der Waals surface area (Å²) in [6, 6.07) is 0.700. The molecule has 0 atom stereocenters. The molecule has 0 spiro atoms. The molecular formula is C11H19N3O. The van der Waals surface area contributed by atoms with Crippen LogP contribution in [0.4, 0.5) is 0 Å². The summed E-state index contributed by atoms with van der Waals surface area (Å²) in [5.74, 6) is 1.46. The fraction of sp³-hybridized carbons (Fsp3) is 0.818. The van der Waals surface area contributed by atoms with Crippen LogP contribution in [0.25, 0.3) is 0 Å². The highest BCUT2D eigenvalue weighted by molar-refractivity contribution is 4.84. The molecule has 0 unspecified atom stereocenters. The Morgan fingerprint density at radius 1 is 1.33 bits per heavy atom. The first-order valence-electron chi connectivity index (χ1n) is 5.75. The van der Waals surface area contributed by atoms with Gasteiger partial charge in [-0.2, -0.15) is 4.98 Å². The lowest BCUT2D eigenvalue weighted by atomic mass is 9.94. The van der Waals surface area contributed by atoms with Gasteiger partial charge in [-0.3, -0.25) is 4.90 Å². The summed E-state index contributed by atoms with van der Waals surface area (Å²) in [4.78, 5) is 6.57. The second kappa shape index (κ2) is 4.75. The van der Waals surface area contributed by atoms with Crippen molar-refractivity contribution in [3.05, 3.63) is 11.7 Å². The predicted octanol–water partition coefficient (Wildman–Crippen LogP) is 2.14. The summed E-state index contributed by atoms with van der Waals surface area (Å²) in [6.45, 7) is 2.64. The van der Waals surface area contributed by atoms with Crippen LogP contribution < -0.4 is 0 Å². The summed E-state index contributed by atoms with van der Waals surface area (Å²) in [5.41, 5.74) is 0. The zero-order chi connectivity index (χ0) is 10.7. The van der Waals surface area contributed by atoms with Crippen LogP contribution in [0.1, 0.15) is 43.8 Å². The maximum absolute atomic E-state index is 5.12. The molecule has 0 aromatic carbocycles. The Labute approximate surface area is 90.7 Å². The number of aromatic nitrogens is 2. The van der Waals surface area contributed by atoms with Crippen LogP contribution in [0.5, 0.6) is 0 Å². The molecule has 0 radical (unpaired) electrons. The van der Waals surface area contributed by atoms with Crippen molar-refractivity contribution in [2.75, 3.05) is 7.05 Å². The molecule has 1 heterocycles. The van der Waals surface area contributed by atoms with E-state index in [-0.39, 0.29) is 0 Å². The van der Waals surface area contributed by atoms with Gasteiger partial charge in [-0.1, -0.05) is 24.4 Å². The van der Waals surface area contributed by atoms with Crippen molar-refractivity contribution in [1.29, 1.82) is 0 Å². The third kappa shape index (κ3) is 2.78. The van der Waals surface area contributed by atoms with Crippen molar-refractivity contribution < 1.29 is 4.52 Å². The molecule has 2 rings (SSSR count). The van der Waals surface area contributed by atoms with E-state index < -0.39 is 0 Å². The molecular weight excluding hydrogens is 190 g/mol. The van der Waals surface area contributed by atoms with Gasteiger partial charge in [-0.05, 0) is 26.8 Å². The lowest BCUT2D eigenvalue weighted by Crippen LogP contribution is -2.32. The van der Waals surface area contributed by atoms with Crippen molar-refractivity contribution in [2.45, 2.75) is 51.6 Å².